The van der Waals surface area contributed by atoms with Crippen LogP contribution in [0.25, 0.3) is 0 Å². The molecule has 0 amide bonds. The summed E-state index contributed by atoms with van der Waals surface area (Å²) in [6, 6.07) is 0. The number of fused-ring (bicyclic) bond motifs is 2. The Kier molecular flexibility index (Phi) is 3.42. The molecule has 106 valence electrons. The lowest BCUT2D eigenvalue weighted by Crippen LogP contribution is -2.17. The Morgan fingerprint density at radius 2 is 1.00 bits per heavy atom. The molecule has 2 saturated carbocycles. The van der Waals surface area contributed by atoms with Crippen molar-refractivity contribution in [2.75, 3.05) is 0 Å². The summed E-state index contributed by atoms with van der Waals surface area (Å²) < 4.78 is 0. The highest BCUT2D eigenvalue weighted by molar-refractivity contribution is 5.18. The van der Waals surface area contributed by atoms with Gasteiger partial charge in [-0.05, 0) is 74.0 Å². The predicted octanol–water partition coefficient (Wildman–Crippen LogP) is 5.30. The van der Waals surface area contributed by atoms with Crippen molar-refractivity contribution in [1.29, 1.82) is 0 Å². The predicted molar refractivity (Wildman–Crippen MR) is 85.2 cm³/mol. The molecule has 3 unspecified atom stereocenters. The smallest absolute Gasteiger partial charge is 0.0139 e. The van der Waals surface area contributed by atoms with E-state index < -0.39 is 0 Å². The quantitative estimate of drug-likeness (QED) is 0.650. The van der Waals surface area contributed by atoms with Crippen LogP contribution in [0.1, 0.15) is 38.5 Å². The molecular formula is C20H26. The van der Waals surface area contributed by atoms with E-state index >= 15 is 0 Å². The summed E-state index contributed by atoms with van der Waals surface area (Å²) in [5, 5.41) is 0. The van der Waals surface area contributed by atoms with Crippen molar-refractivity contribution in [2.45, 2.75) is 38.5 Å². The van der Waals surface area contributed by atoms with Gasteiger partial charge in [0, 0.05) is 0 Å². The van der Waals surface area contributed by atoms with Crippen LogP contribution in [0, 0.1) is 35.5 Å². The van der Waals surface area contributed by atoms with Crippen molar-refractivity contribution in [3.05, 3.63) is 48.6 Å². The van der Waals surface area contributed by atoms with Gasteiger partial charge < -0.3 is 0 Å². The Labute approximate surface area is 123 Å². The number of rotatable bonds is 3. The Morgan fingerprint density at radius 1 is 0.550 bits per heavy atom. The molecule has 4 rings (SSSR count). The van der Waals surface area contributed by atoms with Crippen molar-refractivity contribution < 1.29 is 0 Å². The highest BCUT2D eigenvalue weighted by Gasteiger charge is 2.37. The fourth-order valence-electron chi connectivity index (χ4n) is 5.23. The third-order valence-electron chi connectivity index (χ3n) is 6.33. The van der Waals surface area contributed by atoms with Gasteiger partial charge in [0.1, 0.15) is 0 Å². The molecule has 6 atom stereocenters. The summed E-state index contributed by atoms with van der Waals surface area (Å²) in [5.41, 5.74) is 0. The maximum atomic E-state index is 2.49. The number of hydrogen-bond acceptors (Lipinski definition) is 0. The van der Waals surface area contributed by atoms with E-state index in [-0.39, 0.29) is 0 Å². The van der Waals surface area contributed by atoms with Crippen molar-refractivity contribution in [1.82, 2.24) is 0 Å². The lowest BCUT2D eigenvalue weighted by atomic mass is 9.79. The zero-order valence-electron chi connectivity index (χ0n) is 12.3. The van der Waals surface area contributed by atoms with Crippen LogP contribution in [0.15, 0.2) is 48.6 Å². The van der Waals surface area contributed by atoms with Crippen molar-refractivity contribution >= 4 is 0 Å². The molecule has 0 nitrogen and oxygen atoms in total. The van der Waals surface area contributed by atoms with Gasteiger partial charge in [0.2, 0.25) is 0 Å². The maximum Gasteiger partial charge on any atom is -0.0139 e. The summed E-state index contributed by atoms with van der Waals surface area (Å²) >= 11 is 0. The molecule has 0 radical (unpaired) electrons. The van der Waals surface area contributed by atoms with E-state index in [4.69, 9.17) is 0 Å². The van der Waals surface area contributed by atoms with Crippen molar-refractivity contribution in [3.8, 4) is 0 Å². The summed E-state index contributed by atoms with van der Waals surface area (Å²) in [6.07, 6.45) is 27.6. The standard InChI is InChI=1S/C20H26/c1-3-7-19-15(5-1)9-11-17(19)13-14-18-12-10-16-6-2-4-8-20(16)18/h1-8,15-20H,9-14H2/t15?,16?,17-,18+,19+,20?/m1/s1. The zero-order valence-corrected chi connectivity index (χ0v) is 12.3. The minimum Gasteiger partial charge on any atom is -0.0808 e. The molecule has 20 heavy (non-hydrogen) atoms. The van der Waals surface area contributed by atoms with E-state index in [1.165, 1.54) is 38.5 Å². The normalized spacial score (nSPS) is 44.8. The third kappa shape index (κ3) is 2.24. The molecular weight excluding hydrogens is 240 g/mol. The topological polar surface area (TPSA) is 0 Å². The molecule has 0 aromatic heterocycles. The lowest BCUT2D eigenvalue weighted by Gasteiger charge is -2.26. The summed E-state index contributed by atoms with van der Waals surface area (Å²) in [4.78, 5) is 0. The first kappa shape index (κ1) is 12.7. The van der Waals surface area contributed by atoms with Gasteiger partial charge in [-0.3, -0.25) is 0 Å². The van der Waals surface area contributed by atoms with Crippen LogP contribution in [0.4, 0.5) is 0 Å². The molecule has 0 spiro atoms. The van der Waals surface area contributed by atoms with E-state index in [9.17, 15) is 0 Å². The second kappa shape index (κ2) is 5.39. The minimum atomic E-state index is 0.860. The van der Waals surface area contributed by atoms with Crippen LogP contribution < -0.4 is 0 Å². The van der Waals surface area contributed by atoms with Gasteiger partial charge in [0.25, 0.3) is 0 Å². The first-order valence-electron chi connectivity index (χ1n) is 8.62. The SMILES string of the molecule is C1=CC2CC[C@@H](CC[C@H]3CCC4C=CC=C[C@@H]43)C2C=C1. The number of allylic oxidation sites excluding steroid dienone is 8. The van der Waals surface area contributed by atoms with E-state index in [1.807, 2.05) is 0 Å². The molecule has 0 aliphatic heterocycles. The summed E-state index contributed by atoms with van der Waals surface area (Å²) in [7, 11) is 0. The Balaban J connectivity index is 1.35. The molecule has 4 aliphatic carbocycles. The second-order valence-corrected chi connectivity index (χ2v) is 7.27. The average molecular weight is 266 g/mol. The summed E-state index contributed by atoms with van der Waals surface area (Å²) in [6.45, 7) is 0. The monoisotopic (exact) mass is 266 g/mol. The molecule has 2 fully saturated rings. The molecule has 0 saturated heterocycles. The van der Waals surface area contributed by atoms with Gasteiger partial charge in [-0.25, -0.2) is 0 Å². The van der Waals surface area contributed by atoms with Crippen molar-refractivity contribution in [3.63, 3.8) is 0 Å². The Morgan fingerprint density at radius 3 is 1.50 bits per heavy atom. The molecule has 0 heterocycles. The van der Waals surface area contributed by atoms with Gasteiger partial charge in [-0.15, -0.1) is 0 Å². The van der Waals surface area contributed by atoms with Crippen LogP contribution >= 0.6 is 0 Å². The molecule has 0 aromatic rings. The van der Waals surface area contributed by atoms with Gasteiger partial charge in [-0.1, -0.05) is 48.6 Å². The van der Waals surface area contributed by atoms with Crippen LogP contribution in [-0.4, -0.2) is 0 Å². The molecule has 0 N–H and O–H groups in total. The number of hydrogen-bond donors (Lipinski definition) is 0. The first-order chi connectivity index (χ1) is 9.92. The van der Waals surface area contributed by atoms with E-state index in [1.54, 1.807) is 0 Å². The fourth-order valence-corrected chi connectivity index (χ4v) is 5.23. The van der Waals surface area contributed by atoms with Gasteiger partial charge in [0.15, 0.2) is 0 Å². The van der Waals surface area contributed by atoms with Crippen LogP contribution in [-0.2, 0) is 0 Å². The van der Waals surface area contributed by atoms with Crippen LogP contribution in [0.5, 0.6) is 0 Å². The molecule has 0 heteroatoms. The molecule has 4 aliphatic rings. The largest absolute Gasteiger partial charge is 0.0808 e. The van der Waals surface area contributed by atoms with Gasteiger partial charge in [-0.2, -0.15) is 0 Å². The molecule has 0 bridgehead atoms. The fraction of sp³-hybridized carbons (Fsp3) is 0.600. The van der Waals surface area contributed by atoms with Gasteiger partial charge in [0.05, 0.1) is 0 Å². The second-order valence-electron chi connectivity index (χ2n) is 7.27. The minimum absolute atomic E-state index is 0.860. The van der Waals surface area contributed by atoms with E-state index in [0.717, 1.165) is 35.5 Å². The maximum absolute atomic E-state index is 2.49. The molecule has 0 aromatic carbocycles. The average Bonchev–Trinajstić information content (AvgIpc) is 3.09. The van der Waals surface area contributed by atoms with Crippen molar-refractivity contribution in [2.24, 2.45) is 35.5 Å². The lowest BCUT2D eigenvalue weighted by molar-refractivity contribution is 0.316. The highest BCUT2D eigenvalue weighted by atomic mass is 14.4. The summed E-state index contributed by atoms with van der Waals surface area (Å²) in [5.74, 6) is 5.36. The van der Waals surface area contributed by atoms with E-state index in [2.05, 4.69) is 48.6 Å². The third-order valence-corrected chi connectivity index (χ3v) is 6.33. The highest BCUT2D eigenvalue weighted by Crippen LogP contribution is 2.47. The van der Waals surface area contributed by atoms with Crippen LogP contribution in [0.3, 0.4) is 0 Å². The van der Waals surface area contributed by atoms with E-state index in [0.29, 0.717) is 0 Å². The van der Waals surface area contributed by atoms with Gasteiger partial charge >= 0.3 is 0 Å². The van der Waals surface area contributed by atoms with Crippen LogP contribution in [0.2, 0.25) is 0 Å². The first-order valence-corrected chi connectivity index (χ1v) is 8.62. The zero-order chi connectivity index (χ0) is 13.4. The Hall–Kier alpha value is -1.04. The Bertz CT molecular complexity index is 420.